The maximum absolute atomic E-state index is 15.3. The monoisotopic (exact) mass is 868 g/mol. The fraction of sp³-hybridized carbons (Fsp3) is 0.280. The molecule has 63 heavy (non-hydrogen) atoms. The summed E-state index contributed by atoms with van der Waals surface area (Å²) in [4.78, 5) is 58.7. The minimum absolute atomic E-state index is 0.152. The Bertz CT molecular complexity index is 2280. The molecule has 5 aromatic carbocycles. The molecule has 5 amide bonds. The van der Waals surface area contributed by atoms with E-state index >= 15 is 4.79 Å². The van der Waals surface area contributed by atoms with Crippen molar-refractivity contribution < 1.29 is 28.7 Å². The quantitative estimate of drug-likeness (QED) is 0.0337. The van der Waals surface area contributed by atoms with Crippen LogP contribution in [0.1, 0.15) is 55.0 Å². The summed E-state index contributed by atoms with van der Waals surface area (Å²) in [7, 11) is 1.55. The Balaban J connectivity index is 1.34. The van der Waals surface area contributed by atoms with Crippen LogP contribution in [0.3, 0.4) is 0 Å². The highest BCUT2D eigenvalue weighted by Gasteiger charge is 2.40. The molecule has 1 heterocycles. The van der Waals surface area contributed by atoms with Gasteiger partial charge in [-0.1, -0.05) is 140 Å². The Morgan fingerprint density at radius 3 is 1.78 bits per heavy atom. The lowest BCUT2D eigenvalue weighted by Crippen LogP contribution is -2.58. The van der Waals surface area contributed by atoms with E-state index in [4.69, 9.17) is 9.47 Å². The molecule has 0 radical (unpaired) electrons. The van der Waals surface area contributed by atoms with E-state index < -0.39 is 54.1 Å². The number of carbonyl (C=O) groups excluding carboxylic acids is 4. The molecule has 0 bridgehead atoms. The molecule has 0 aliphatic rings. The highest BCUT2D eigenvalue weighted by atomic mass is 32.1. The molecule has 0 spiro atoms. The standard InChI is InChI=1S/C50H56N6O6S/c1-5-61-48(62-6-2)36(3)56(33-38-35-63-44-30-20-19-29-42(38)44)47(59)43(52-46(58)34-55(4)54-49(60)51-32-37-21-11-7-12-22-37)31-45(57)53-50(39-23-13-8-14-24-39,40-25-15-9-16-26-40)41-27-17-10-18-28-41/h7-30,35-36,43,48H,5-6,31-34H2,1-4H3,(H,52,58)(H,53,57)(H2,51,54,60). The molecule has 4 N–H and O–H groups in total. The van der Waals surface area contributed by atoms with Crippen molar-refractivity contribution in [1.29, 1.82) is 0 Å². The maximum Gasteiger partial charge on any atom is 0.329 e. The molecular weight excluding hydrogens is 813 g/mol. The second-order valence-electron chi connectivity index (χ2n) is 15.1. The maximum atomic E-state index is 15.3. The lowest BCUT2D eigenvalue weighted by Gasteiger charge is -2.38. The van der Waals surface area contributed by atoms with Crippen molar-refractivity contribution in [2.24, 2.45) is 0 Å². The van der Waals surface area contributed by atoms with Crippen molar-refractivity contribution in [1.82, 2.24) is 31.3 Å². The van der Waals surface area contributed by atoms with E-state index in [1.165, 1.54) is 5.01 Å². The lowest BCUT2D eigenvalue weighted by molar-refractivity contribution is -0.180. The van der Waals surface area contributed by atoms with Crippen molar-refractivity contribution in [2.75, 3.05) is 26.8 Å². The van der Waals surface area contributed by atoms with Gasteiger partial charge < -0.3 is 30.3 Å². The van der Waals surface area contributed by atoms with Gasteiger partial charge in [0.05, 0.1) is 19.0 Å². The number of hydrogen-bond acceptors (Lipinski definition) is 8. The van der Waals surface area contributed by atoms with Crippen LogP contribution in [0.5, 0.6) is 0 Å². The predicted octanol–water partition coefficient (Wildman–Crippen LogP) is 7.35. The number of thiophene rings is 1. The predicted molar refractivity (Wildman–Crippen MR) is 247 cm³/mol. The first-order chi connectivity index (χ1) is 30.6. The number of urea groups is 1. The van der Waals surface area contributed by atoms with Gasteiger partial charge in [0.15, 0.2) is 6.29 Å². The Hall–Kier alpha value is -6.38. The highest BCUT2D eigenvalue weighted by Crippen LogP contribution is 2.37. The van der Waals surface area contributed by atoms with Gasteiger partial charge in [-0.15, -0.1) is 11.3 Å². The van der Waals surface area contributed by atoms with Crippen LogP contribution in [-0.4, -0.2) is 78.8 Å². The molecule has 6 aromatic rings. The Labute approximate surface area is 373 Å². The molecular formula is C50H56N6O6S. The zero-order valence-corrected chi connectivity index (χ0v) is 37.0. The zero-order chi connectivity index (χ0) is 44.6. The van der Waals surface area contributed by atoms with Gasteiger partial charge in [0.2, 0.25) is 17.7 Å². The summed E-state index contributed by atoms with van der Waals surface area (Å²) in [5.41, 5.74) is 5.70. The first-order valence-corrected chi connectivity index (χ1v) is 22.1. The van der Waals surface area contributed by atoms with E-state index in [0.29, 0.717) is 13.2 Å². The van der Waals surface area contributed by atoms with E-state index in [2.05, 4.69) is 21.4 Å². The first kappa shape index (κ1) is 46.1. The normalized spacial score (nSPS) is 12.4. The minimum atomic E-state index is -1.35. The Kier molecular flexibility index (Phi) is 16.6. The second kappa shape index (κ2) is 22.6. The molecule has 0 saturated carbocycles. The molecule has 328 valence electrons. The fourth-order valence-corrected chi connectivity index (χ4v) is 8.63. The topological polar surface area (TPSA) is 141 Å². The Morgan fingerprint density at radius 1 is 0.698 bits per heavy atom. The van der Waals surface area contributed by atoms with E-state index in [9.17, 15) is 14.4 Å². The molecule has 2 unspecified atom stereocenters. The molecule has 13 heteroatoms. The van der Waals surface area contributed by atoms with Crippen LogP contribution in [0, 0.1) is 0 Å². The number of likely N-dealkylation sites (N-methyl/N-ethyl adjacent to an activating group) is 1. The first-order valence-electron chi connectivity index (χ1n) is 21.2. The number of hydrogen-bond donors (Lipinski definition) is 4. The summed E-state index contributed by atoms with van der Waals surface area (Å²) in [5.74, 6) is -1.59. The number of amides is 5. The fourth-order valence-electron chi connectivity index (χ4n) is 7.68. The molecule has 1 aromatic heterocycles. The van der Waals surface area contributed by atoms with E-state index in [-0.39, 0.29) is 19.6 Å². The van der Waals surface area contributed by atoms with Gasteiger partial charge in [-0.3, -0.25) is 19.8 Å². The Morgan fingerprint density at radius 2 is 1.22 bits per heavy atom. The number of nitrogens with zero attached hydrogens (tertiary/aromatic N) is 2. The van der Waals surface area contributed by atoms with Gasteiger partial charge in [0.25, 0.3) is 0 Å². The van der Waals surface area contributed by atoms with Gasteiger partial charge in [0, 0.05) is 38.1 Å². The summed E-state index contributed by atoms with van der Waals surface area (Å²) in [6.45, 7) is 6.34. The number of rotatable bonds is 21. The van der Waals surface area contributed by atoms with Crippen LogP contribution in [0.2, 0.25) is 0 Å². The third kappa shape index (κ3) is 12.0. The molecule has 2 atom stereocenters. The number of ether oxygens (including phenoxy) is 2. The molecule has 0 aliphatic heterocycles. The SMILES string of the molecule is CCOC(OCC)C(C)N(Cc1csc2ccccc12)C(=O)C(CC(=O)NC(c1ccccc1)(c1ccccc1)c1ccccc1)NC(=O)CN(C)NC(=O)NCc1ccccc1. The lowest BCUT2D eigenvalue weighted by atomic mass is 9.77. The molecule has 0 saturated heterocycles. The summed E-state index contributed by atoms with van der Waals surface area (Å²) in [5, 5.41) is 13.4. The van der Waals surface area contributed by atoms with Crippen LogP contribution < -0.4 is 21.4 Å². The molecule has 0 aliphatic carbocycles. The number of fused-ring (bicyclic) bond motifs is 1. The van der Waals surface area contributed by atoms with Gasteiger partial charge in [-0.25, -0.2) is 9.80 Å². The van der Waals surface area contributed by atoms with E-state index in [1.54, 1.807) is 23.3 Å². The number of hydrazine groups is 1. The smallest absolute Gasteiger partial charge is 0.329 e. The minimum Gasteiger partial charge on any atom is -0.351 e. The number of benzene rings is 5. The van der Waals surface area contributed by atoms with Crippen molar-refractivity contribution in [3.63, 3.8) is 0 Å². The highest BCUT2D eigenvalue weighted by molar-refractivity contribution is 7.17. The van der Waals surface area contributed by atoms with Crippen molar-refractivity contribution in [3.8, 4) is 0 Å². The third-order valence-corrected chi connectivity index (χ3v) is 11.7. The second-order valence-corrected chi connectivity index (χ2v) is 16.0. The largest absolute Gasteiger partial charge is 0.351 e. The van der Waals surface area contributed by atoms with Crippen LogP contribution in [-0.2, 0) is 42.5 Å². The summed E-state index contributed by atoms with van der Waals surface area (Å²) >= 11 is 1.57. The zero-order valence-electron chi connectivity index (χ0n) is 36.2. The van der Waals surface area contributed by atoms with Gasteiger partial charge >= 0.3 is 6.03 Å². The number of carbonyl (C=O) groups is 4. The molecule has 6 rings (SSSR count). The van der Waals surface area contributed by atoms with Crippen LogP contribution in [0.4, 0.5) is 4.79 Å². The third-order valence-electron chi connectivity index (χ3n) is 10.7. The van der Waals surface area contributed by atoms with Gasteiger partial charge in [-0.2, -0.15) is 0 Å². The van der Waals surface area contributed by atoms with Crippen molar-refractivity contribution in [3.05, 3.63) is 179 Å². The van der Waals surface area contributed by atoms with Crippen molar-refractivity contribution >= 4 is 45.2 Å². The summed E-state index contributed by atoms with van der Waals surface area (Å²) in [6, 6.07) is 43.9. The van der Waals surface area contributed by atoms with Crippen molar-refractivity contribution in [2.45, 2.75) is 64.2 Å². The van der Waals surface area contributed by atoms with E-state index in [1.807, 2.05) is 172 Å². The van der Waals surface area contributed by atoms with Crippen LogP contribution in [0.25, 0.3) is 10.1 Å². The van der Waals surface area contributed by atoms with Crippen LogP contribution in [0.15, 0.2) is 151 Å². The van der Waals surface area contributed by atoms with Crippen LogP contribution >= 0.6 is 11.3 Å². The average molecular weight is 869 g/mol. The number of nitrogens with one attached hydrogen (secondary N) is 4. The summed E-state index contributed by atoms with van der Waals surface area (Å²) < 4.78 is 13.1. The average Bonchev–Trinajstić information content (AvgIpc) is 3.72. The van der Waals surface area contributed by atoms with Gasteiger partial charge in [-0.05, 0) is 65.4 Å². The summed E-state index contributed by atoms with van der Waals surface area (Å²) in [6.07, 6.45) is -1.22. The van der Waals surface area contributed by atoms with Gasteiger partial charge in [0.1, 0.15) is 11.6 Å². The van der Waals surface area contributed by atoms with E-state index in [0.717, 1.165) is 37.9 Å². The molecule has 0 fully saturated rings. The molecule has 12 nitrogen and oxygen atoms in total.